The lowest BCUT2D eigenvalue weighted by molar-refractivity contribution is -0.127. The van der Waals surface area contributed by atoms with Gasteiger partial charge in [-0.2, -0.15) is 0 Å². The van der Waals surface area contributed by atoms with Crippen molar-refractivity contribution < 1.29 is 14.3 Å². The molecule has 2 N–H and O–H groups in total. The summed E-state index contributed by atoms with van der Waals surface area (Å²) in [5.74, 6) is 1.10. The Labute approximate surface area is 168 Å². The van der Waals surface area contributed by atoms with E-state index in [-0.39, 0.29) is 5.91 Å². The third-order valence-corrected chi connectivity index (χ3v) is 5.01. The molecule has 0 aliphatic carbocycles. The molecular formula is C18H24BrN3O3S. The van der Waals surface area contributed by atoms with Crippen molar-refractivity contribution in [1.29, 1.82) is 0 Å². The van der Waals surface area contributed by atoms with Crippen LogP contribution in [0.2, 0.25) is 0 Å². The van der Waals surface area contributed by atoms with Crippen LogP contribution in [0.5, 0.6) is 11.5 Å². The second-order valence-electron chi connectivity index (χ2n) is 5.78. The number of halogens is 1. The van der Waals surface area contributed by atoms with Gasteiger partial charge in [-0.15, -0.1) is 0 Å². The summed E-state index contributed by atoms with van der Waals surface area (Å²) in [6, 6.07) is 3.29. The molecule has 1 atom stereocenters. The van der Waals surface area contributed by atoms with Crippen LogP contribution >= 0.6 is 28.1 Å². The molecule has 0 bridgehead atoms. The molecule has 26 heavy (non-hydrogen) atoms. The number of ether oxygens (including phenoxy) is 2. The maximum absolute atomic E-state index is 13.2. The second-order valence-corrected chi connectivity index (χ2v) is 7.10. The molecule has 1 heterocycles. The summed E-state index contributed by atoms with van der Waals surface area (Å²) in [6.07, 6.45) is 0. The van der Waals surface area contributed by atoms with Gasteiger partial charge in [0.05, 0.1) is 25.8 Å². The van der Waals surface area contributed by atoms with Crippen molar-refractivity contribution in [3.05, 3.63) is 33.4 Å². The molecule has 1 aliphatic rings. The Kier molecular flexibility index (Phi) is 6.88. The molecule has 1 aromatic rings. The molecule has 1 amide bonds. The van der Waals surface area contributed by atoms with Crippen molar-refractivity contribution >= 4 is 39.2 Å². The van der Waals surface area contributed by atoms with Crippen molar-refractivity contribution in [2.45, 2.75) is 26.8 Å². The first-order valence-corrected chi connectivity index (χ1v) is 9.56. The highest BCUT2D eigenvalue weighted by atomic mass is 79.9. The van der Waals surface area contributed by atoms with Gasteiger partial charge in [-0.25, -0.2) is 0 Å². The number of amides is 1. The smallest absolute Gasteiger partial charge is 0.253 e. The average molecular weight is 442 g/mol. The third kappa shape index (κ3) is 3.96. The predicted molar refractivity (Wildman–Crippen MR) is 109 cm³/mol. The van der Waals surface area contributed by atoms with E-state index in [9.17, 15) is 4.79 Å². The number of methoxy groups -OCH3 is 2. The Hall–Kier alpha value is -1.80. The van der Waals surface area contributed by atoms with E-state index in [1.54, 1.807) is 19.1 Å². The molecule has 1 aliphatic heterocycles. The highest BCUT2D eigenvalue weighted by Crippen LogP contribution is 2.41. The molecule has 0 spiro atoms. The normalized spacial score (nSPS) is 16.7. The summed E-state index contributed by atoms with van der Waals surface area (Å²) in [6.45, 7) is 7.04. The number of nitrogens with one attached hydrogen (secondary N) is 2. The van der Waals surface area contributed by atoms with Crippen LogP contribution in [0.3, 0.4) is 0 Å². The van der Waals surface area contributed by atoms with Crippen molar-refractivity contribution in [2.75, 3.05) is 27.3 Å². The fourth-order valence-corrected chi connectivity index (χ4v) is 3.79. The van der Waals surface area contributed by atoms with Crippen molar-refractivity contribution in [2.24, 2.45) is 0 Å². The number of rotatable bonds is 6. The van der Waals surface area contributed by atoms with E-state index in [4.69, 9.17) is 21.7 Å². The quantitative estimate of drug-likeness (QED) is 0.661. The van der Waals surface area contributed by atoms with Gasteiger partial charge in [-0.3, -0.25) is 4.79 Å². The maximum Gasteiger partial charge on any atom is 0.253 e. The topological polar surface area (TPSA) is 62.8 Å². The molecule has 0 aromatic heterocycles. The van der Waals surface area contributed by atoms with Crippen LogP contribution in [0.4, 0.5) is 0 Å². The second kappa shape index (κ2) is 8.73. The van der Waals surface area contributed by atoms with E-state index in [1.165, 1.54) is 0 Å². The van der Waals surface area contributed by atoms with Gasteiger partial charge in [0.2, 0.25) is 0 Å². The van der Waals surface area contributed by atoms with E-state index in [0.29, 0.717) is 35.3 Å². The molecule has 6 nitrogen and oxygen atoms in total. The minimum absolute atomic E-state index is 0.0407. The van der Waals surface area contributed by atoms with Crippen LogP contribution in [-0.2, 0) is 4.79 Å². The summed E-state index contributed by atoms with van der Waals surface area (Å²) in [7, 11) is 3.16. The number of nitrogens with zero attached hydrogens (tertiary/aromatic N) is 1. The molecule has 0 fully saturated rings. The largest absolute Gasteiger partial charge is 0.493 e. The SMILES string of the molecule is CCN(CC)C(=O)C1=C(C)NC(=S)N[C@@H]1c1cc(Br)cc(OC)c1OC. The van der Waals surface area contributed by atoms with E-state index >= 15 is 0 Å². The summed E-state index contributed by atoms with van der Waals surface area (Å²) in [5.41, 5.74) is 2.12. The molecule has 8 heteroatoms. The van der Waals surface area contributed by atoms with Gasteiger partial charge in [0, 0.05) is 28.8 Å². The van der Waals surface area contributed by atoms with Crippen LogP contribution in [0.25, 0.3) is 0 Å². The van der Waals surface area contributed by atoms with Gasteiger partial charge in [-0.1, -0.05) is 15.9 Å². The number of carbonyl (C=O) groups excluding carboxylic acids is 1. The fourth-order valence-electron chi connectivity index (χ4n) is 3.07. The lowest BCUT2D eigenvalue weighted by Gasteiger charge is -2.33. The molecule has 1 aromatic carbocycles. The fraction of sp³-hybridized carbons (Fsp3) is 0.444. The third-order valence-electron chi connectivity index (χ3n) is 4.33. The molecule has 0 saturated heterocycles. The lowest BCUT2D eigenvalue weighted by Crippen LogP contribution is -2.47. The Balaban J connectivity index is 2.65. The summed E-state index contributed by atoms with van der Waals surface area (Å²) in [5, 5.41) is 6.73. The standard InChI is InChI=1S/C18H24BrN3O3S/c1-6-22(7-2)17(23)14-10(3)20-18(26)21-15(14)12-8-11(19)9-13(24-4)16(12)25-5/h8-9,15H,6-7H2,1-5H3,(H2,20,21,26)/t15-/m1/s1. The van der Waals surface area contributed by atoms with Crippen molar-refractivity contribution in [1.82, 2.24) is 15.5 Å². The zero-order chi connectivity index (χ0) is 19.4. The molecule has 142 valence electrons. The Morgan fingerprint density at radius 3 is 2.46 bits per heavy atom. The van der Waals surface area contributed by atoms with E-state index in [1.807, 2.05) is 32.9 Å². The molecule has 2 rings (SSSR count). The Morgan fingerprint density at radius 1 is 1.27 bits per heavy atom. The van der Waals surface area contributed by atoms with Crippen LogP contribution in [0.1, 0.15) is 32.4 Å². The number of carbonyl (C=O) groups is 1. The first kappa shape index (κ1) is 20.5. The van der Waals surface area contributed by atoms with Crippen molar-refractivity contribution in [3.63, 3.8) is 0 Å². The predicted octanol–water partition coefficient (Wildman–Crippen LogP) is 3.13. The van der Waals surface area contributed by atoms with E-state index < -0.39 is 6.04 Å². The Morgan fingerprint density at radius 2 is 1.92 bits per heavy atom. The van der Waals surface area contributed by atoms with E-state index in [0.717, 1.165) is 15.7 Å². The first-order chi connectivity index (χ1) is 12.4. The Bertz CT molecular complexity index is 747. The summed E-state index contributed by atoms with van der Waals surface area (Å²) < 4.78 is 11.9. The van der Waals surface area contributed by atoms with Crippen molar-refractivity contribution in [3.8, 4) is 11.5 Å². The first-order valence-electron chi connectivity index (χ1n) is 8.36. The molecular weight excluding hydrogens is 418 g/mol. The number of hydrogen-bond donors (Lipinski definition) is 2. The highest BCUT2D eigenvalue weighted by molar-refractivity contribution is 9.10. The summed E-state index contributed by atoms with van der Waals surface area (Å²) >= 11 is 8.83. The number of hydrogen-bond acceptors (Lipinski definition) is 4. The minimum atomic E-state index is -0.446. The minimum Gasteiger partial charge on any atom is -0.493 e. The molecule has 0 unspecified atom stereocenters. The number of allylic oxidation sites excluding steroid dienone is 1. The van der Waals surface area contributed by atoms with Gasteiger partial charge in [-0.05, 0) is 45.1 Å². The average Bonchev–Trinajstić information content (AvgIpc) is 2.61. The van der Waals surface area contributed by atoms with Gasteiger partial charge in [0.25, 0.3) is 5.91 Å². The zero-order valence-corrected chi connectivity index (χ0v) is 18.0. The number of likely N-dealkylation sites (N-methyl/N-ethyl adjacent to an activating group) is 1. The monoisotopic (exact) mass is 441 g/mol. The zero-order valence-electron chi connectivity index (χ0n) is 15.6. The number of benzene rings is 1. The van der Waals surface area contributed by atoms with Crippen LogP contribution in [-0.4, -0.2) is 43.2 Å². The lowest BCUT2D eigenvalue weighted by atomic mass is 9.93. The van der Waals surface area contributed by atoms with Gasteiger partial charge < -0.3 is 25.0 Å². The van der Waals surface area contributed by atoms with Crippen LogP contribution < -0.4 is 20.1 Å². The van der Waals surface area contributed by atoms with E-state index in [2.05, 4.69) is 26.6 Å². The van der Waals surface area contributed by atoms with Crippen LogP contribution in [0, 0.1) is 0 Å². The maximum atomic E-state index is 13.2. The van der Waals surface area contributed by atoms with Crippen LogP contribution in [0.15, 0.2) is 27.9 Å². The van der Waals surface area contributed by atoms with Gasteiger partial charge in [0.15, 0.2) is 16.6 Å². The molecule has 0 saturated carbocycles. The summed E-state index contributed by atoms with van der Waals surface area (Å²) in [4.78, 5) is 14.9. The van der Waals surface area contributed by atoms with Gasteiger partial charge >= 0.3 is 0 Å². The van der Waals surface area contributed by atoms with Gasteiger partial charge in [0.1, 0.15) is 0 Å². The highest BCUT2D eigenvalue weighted by Gasteiger charge is 2.34. The molecule has 0 radical (unpaired) electrons. The number of thiocarbonyl (C=S) groups is 1.